The largest absolute Gasteiger partial charge is 0.465 e. The molecule has 6 nitrogen and oxygen atoms in total. The van der Waals surface area contributed by atoms with E-state index < -0.39 is 24.5 Å². The van der Waals surface area contributed by atoms with Gasteiger partial charge in [-0.25, -0.2) is 0 Å². The molecule has 18 heavy (non-hydrogen) atoms. The van der Waals surface area contributed by atoms with Crippen LogP contribution in [-0.4, -0.2) is 36.7 Å². The molecule has 0 spiro atoms. The summed E-state index contributed by atoms with van der Waals surface area (Å²) < 4.78 is 27.6. The molecule has 0 aromatic carbocycles. The molecule has 0 aliphatic carbocycles. The molecule has 1 atom stereocenters. The van der Waals surface area contributed by atoms with Crippen molar-refractivity contribution < 1.29 is 27.9 Å². The third-order valence-corrected chi connectivity index (χ3v) is 5.29. The summed E-state index contributed by atoms with van der Waals surface area (Å²) in [5.74, 6) is -1.49. The molecule has 0 fully saturated rings. The third kappa shape index (κ3) is 3.19. The maximum atomic E-state index is 12.6. The van der Waals surface area contributed by atoms with Gasteiger partial charge in [-0.15, -0.1) is 0 Å². The predicted molar refractivity (Wildman–Crippen MR) is 66.6 cm³/mol. The summed E-state index contributed by atoms with van der Waals surface area (Å²) in [5.41, 5.74) is 0. The van der Waals surface area contributed by atoms with Gasteiger partial charge in [0.05, 0.1) is 19.8 Å². The van der Waals surface area contributed by atoms with E-state index >= 15 is 0 Å². The second-order valence-corrected chi connectivity index (χ2v) is 6.09. The summed E-state index contributed by atoms with van der Waals surface area (Å²) in [4.78, 5) is 23.7. The molecule has 0 heterocycles. The average Bonchev–Trinajstić information content (AvgIpc) is 2.28. The Labute approximate surface area is 108 Å². The summed E-state index contributed by atoms with van der Waals surface area (Å²) in [6, 6.07) is 0. The summed E-state index contributed by atoms with van der Waals surface area (Å²) in [6.07, 6.45) is 0. The van der Waals surface area contributed by atoms with Crippen molar-refractivity contribution in [2.24, 2.45) is 0 Å². The summed E-state index contributed by atoms with van der Waals surface area (Å²) in [5, 5.41) is -1.92. The second-order valence-electron chi connectivity index (χ2n) is 3.68. The van der Waals surface area contributed by atoms with E-state index in [1.165, 1.54) is 13.8 Å². The van der Waals surface area contributed by atoms with Crippen LogP contribution in [0.1, 0.15) is 34.6 Å². The highest BCUT2D eigenvalue weighted by Gasteiger charge is 2.58. The van der Waals surface area contributed by atoms with Crippen molar-refractivity contribution in [1.82, 2.24) is 0 Å². The van der Waals surface area contributed by atoms with Crippen molar-refractivity contribution in [3.63, 3.8) is 0 Å². The molecule has 106 valence electrons. The zero-order valence-corrected chi connectivity index (χ0v) is 12.4. The van der Waals surface area contributed by atoms with Gasteiger partial charge in [-0.1, -0.05) is 0 Å². The van der Waals surface area contributed by atoms with Gasteiger partial charge in [0.15, 0.2) is 5.78 Å². The zero-order chi connectivity index (χ0) is 14.4. The SMILES string of the molecule is CCOC(=O)C(C)(C(C)=O)P(=O)(OCC)OCC. The van der Waals surface area contributed by atoms with Crippen LogP contribution < -0.4 is 0 Å². The fraction of sp³-hybridized carbons (Fsp3) is 0.818. The van der Waals surface area contributed by atoms with Crippen LogP contribution in [0.2, 0.25) is 0 Å². The maximum Gasteiger partial charge on any atom is 0.355 e. The number of hydrogen-bond donors (Lipinski definition) is 0. The van der Waals surface area contributed by atoms with Crippen molar-refractivity contribution >= 4 is 19.3 Å². The molecule has 0 amide bonds. The van der Waals surface area contributed by atoms with Crippen molar-refractivity contribution in [2.45, 2.75) is 39.8 Å². The van der Waals surface area contributed by atoms with Crippen LogP contribution in [0, 0.1) is 0 Å². The zero-order valence-electron chi connectivity index (χ0n) is 11.5. The number of Topliss-reactive ketones (excluding diaryl/α,β-unsaturated/α-hetero) is 1. The topological polar surface area (TPSA) is 78.9 Å². The lowest BCUT2D eigenvalue weighted by molar-refractivity contribution is -0.149. The van der Waals surface area contributed by atoms with Crippen LogP contribution in [0.3, 0.4) is 0 Å². The molecule has 0 saturated heterocycles. The molecule has 1 unspecified atom stereocenters. The summed E-state index contributed by atoms with van der Waals surface area (Å²) in [6.45, 7) is 7.44. The molecule has 0 radical (unpaired) electrons. The highest BCUT2D eigenvalue weighted by molar-refractivity contribution is 7.58. The Kier molecular flexibility index (Phi) is 6.74. The molecular formula is C11H21O6P. The van der Waals surface area contributed by atoms with Gasteiger partial charge < -0.3 is 13.8 Å². The lowest BCUT2D eigenvalue weighted by Gasteiger charge is -2.31. The predicted octanol–water partition coefficient (Wildman–Crippen LogP) is 2.16. The molecule has 0 N–H and O–H groups in total. The maximum absolute atomic E-state index is 12.6. The Balaban J connectivity index is 5.60. The molecule has 0 rings (SSSR count). The van der Waals surface area contributed by atoms with Crippen molar-refractivity contribution in [3.8, 4) is 0 Å². The molecule has 0 aliphatic rings. The van der Waals surface area contributed by atoms with Crippen molar-refractivity contribution in [1.29, 1.82) is 0 Å². The molecule has 0 aliphatic heterocycles. The van der Waals surface area contributed by atoms with Gasteiger partial charge in [0.25, 0.3) is 0 Å². The first kappa shape index (κ1) is 17.3. The molecular weight excluding hydrogens is 259 g/mol. The van der Waals surface area contributed by atoms with Crippen molar-refractivity contribution in [3.05, 3.63) is 0 Å². The van der Waals surface area contributed by atoms with E-state index in [1.807, 2.05) is 0 Å². The van der Waals surface area contributed by atoms with Gasteiger partial charge in [-0.3, -0.25) is 14.2 Å². The average molecular weight is 280 g/mol. The summed E-state index contributed by atoms with van der Waals surface area (Å²) in [7, 11) is -3.91. The highest BCUT2D eigenvalue weighted by atomic mass is 31.2. The number of carbonyl (C=O) groups excluding carboxylic acids is 2. The molecule has 0 saturated carbocycles. The standard InChI is InChI=1S/C11H21O6P/c1-6-15-10(13)11(5,9(4)12)18(14,16-7-2)17-8-3/h6-8H2,1-5H3. The number of esters is 1. The Morgan fingerprint density at radius 2 is 1.50 bits per heavy atom. The van der Waals surface area contributed by atoms with Crippen LogP contribution in [0.15, 0.2) is 0 Å². The molecule has 0 aromatic rings. The van der Waals surface area contributed by atoms with Crippen LogP contribution in [-0.2, 0) is 27.9 Å². The van der Waals surface area contributed by atoms with E-state index in [2.05, 4.69) is 0 Å². The van der Waals surface area contributed by atoms with Gasteiger partial charge in [0.1, 0.15) is 0 Å². The third-order valence-electron chi connectivity index (χ3n) is 2.50. The highest BCUT2D eigenvalue weighted by Crippen LogP contribution is 2.60. The lowest BCUT2D eigenvalue weighted by Crippen LogP contribution is -2.44. The fourth-order valence-electron chi connectivity index (χ4n) is 1.36. The number of rotatable bonds is 8. The molecule has 0 aromatic heterocycles. The first-order valence-electron chi connectivity index (χ1n) is 5.87. The van der Waals surface area contributed by atoms with Gasteiger partial charge in [-0.05, 0) is 34.6 Å². The number of hydrogen-bond acceptors (Lipinski definition) is 6. The quantitative estimate of drug-likeness (QED) is 0.385. The van der Waals surface area contributed by atoms with E-state index in [0.29, 0.717) is 0 Å². The normalized spacial score (nSPS) is 14.9. The first-order chi connectivity index (χ1) is 8.30. The summed E-state index contributed by atoms with van der Waals surface area (Å²) >= 11 is 0. The van der Waals surface area contributed by atoms with Gasteiger partial charge in [0, 0.05) is 0 Å². The lowest BCUT2D eigenvalue weighted by atomic mass is 10.1. The van der Waals surface area contributed by atoms with E-state index in [9.17, 15) is 14.2 Å². The smallest absolute Gasteiger partial charge is 0.355 e. The van der Waals surface area contributed by atoms with Crippen LogP contribution in [0.4, 0.5) is 0 Å². The minimum absolute atomic E-state index is 0.0690. The van der Waals surface area contributed by atoms with E-state index in [4.69, 9.17) is 13.8 Å². The van der Waals surface area contributed by atoms with Crippen molar-refractivity contribution in [2.75, 3.05) is 19.8 Å². The van der Waals surface area contributed by atoms with Gasteiger partial charge in [-0.2, -0.15) is 0 Å². The van der Waals surface area contributed by atoms with E-state index in [-0.39, 0.29) is 19.8 Å². The van der Waals surface area contributed by atoms with E-state index in [1.54, 1.807) is 20.8 Å². The van der Waals surface area contributed by atoms with Gasteiger partial charge >= 0.3 is 13.6 Å². The minimum atomic E-state index is -3.91. The van der Waals surface area contributed by atoms with Gasteiger partial charge in [0.2, 0.25) is 5.16 Å². The number of ether oxygens (including phenoxy) is 1. The van der Waals surface area contributed by atoms with Crippen LogP contribution in [0.25, 0.3) is 0 Å². The first-order valence-corrected chi connectivity index (χ1v) is 7.41. The Morgan fingerprint density at radius 3 is 1.78 bits per heavy atom. The number of ketones is 1. The monoisotopic (exact) mass is 280 g/mol. The van der Waals surface area contributed by atoms with Crippen LogP contribution >= 0.6 is 7.60 Å². The Morgan fingerprint density at radius 1 is 1.06 bits per heavy atom. The minimum Gasteiger partial charge on any atom is -0.465 e. The van der Waals surface area contributed by atoms with Crippen LogP contribution in [0.5, 0.6) is 0 Å². The Bertz CT molecular complexity index is 343. The second kappa shape index (κ2) is 7.02. The number of carbonyl (C=O) groups is 2. The molecule has 0 bridgehead atoms. The fourth-order valence-corrected chi connectivity index (χ4v) is 3.30. The Hall–Kier alpha value is -0.710. The van der Waals surface area contributed by atoms with E-state index in [0.717, 1.165) is 0 Å². The molecule has 7 heteroatoms.